The topological polar surface area (TPSA) is 52.6 Å². The molecule has 2 atom stereocenters. The third-order valence-electron chi connectivity index (χ3n) is 3.82. The molecule has 0 bridgehead atoms. The van der Waals surface area contributed by atoms with Gasteiger partial charge in [-0.3, -0.25) is 4.79 Å². The molecule has 0 radical (unpaired) electrons. The third kappa shape index (κ3) is 2.45. The molecule has 0 aromatic carbocycles. The number of nitrogens with zero attached hydrogens (tertiary/aromatic N) is 1. The number of likely N-dealkylation sites (tertiary alicyclic amines) is 1. The number of carbonyl (C=O) groups is 1. The molecular weight excluding hydrogens is 251 g/mol. The van der Waals surface area contributed by atoms with E-state index >= 15 is 0 Å². The molecule has 0 saturated carbocycles. The van der Waals surface area contributed by atoms with Crippen molar-refractivity contribution >= 4 is 30.8 Å². The Kier molecular flexibility index (Phi) is 6.04. The molecule has 0 unspecified atom stereocenters. The highest BCUT2D eigenvalue weighted by molar-refractivity contribution is 5.85. The van der Waals surface area contributed by atoms with E-state index in [1.165, 1.54) is 0 Å². The first-order valence-corrected chi connectivity index (χ1v) is 5.31. The fourth-order valence-corrected chi connectivity index (χ4v) is 2.94. The fourth-order valence-electron chi connectivity index (χ4n) is 2.94. The van der Waals surface area contributed by atoms with Gasteiger partial charge in [0.25, 0.3) is 0 Å². The quantitative estimate of drug-likeness (QED) is 0.746. The van der Waals surface area contributed by atoms with Gasteiger partial charge in [-0.2, -0.15) is 0 Å². The molecule has 4 nitrogen and oxygen atoms in total. The smallest absolute Gasteiger partial charge is 0.311 e. The number of carboxylic acids is 1. The minimum atomic E-state index is -0.601. The summed E-state index contributed by atoms with van der Waals surface area (Å²) in [6.07, 6.45) is 2.63. The predicted octanol–water partition coefficient (Wildman–Crippen LogP) is 0.988. The molecule has 0 spiro atoms. The monoisotopic (exact) mass is 270 g/mol. The van der Waals surface area contributed by atoms with Crippen molar-refractivity contribution in [3.8, 4) is 0 Å². The lowest BCUT2D eigenvalue weighted by Gasteiger charge is -2.49. The van der Waals surface area contributed by atoms with Crippen LogP contribution < -0.4 is 5.32 Å². The Hall–Kier alpha value is -0.0300. The van der Waals surface area contributed by atoms with Crippen LogP contribution in [0.1, 0.15) is 19.3 Å². The van der Waals surface area contributed by atoms with Crippen LogP contribution in [-0.2, 0) is 4.79 Å². The molecule has 0 aromatic heterocycles. The van der Waals surface area contributed by atoms with E-state index in [0.29, 0.717) is 0 Å². The van der Waals surface area contributed by atoms with Crippen molar-refractivity contribution in [3.05, 3.63) is 0 Å². The Balaban J connectivity index is 0.00000112. The summed E-state index contributed by atoms with van der Waals surface area (Å²) in [5.74, 6) is -0.601. The van der Waals surface area contributed by atoms with Gasteiger partial charge in [-0.25, -0.2) is 0 Å². The van der Waals surface area contributed by atoms with Gasteiger partial charge in [0.2, 0.25) is 0 Å². The average Bonchev–Trinajstić information content (AvgIpc) is 2.18. The van der Waals surface area contributed by atoms with Gasteiger partial charge in [0.1, 0.15) is 0 Å². The Morgan fingerprint density at radius 1 is 1.44 bits per heavy atom. The van der Waals surface area contributed by atoms with Crippen molar-refractivity contribution < 1.29 is 9.90 Å². The Morgan fingerprint density at radius 3 is 2.69 bits per heavy atom. The number of likely N-dealkylation sites (N-methyl/N-ethyl adjacent to an activating group) is 1. The van der Waals surface area contributed by atoms with E-state index in [2.05, 4.69) is 10.2 Å². The molecule has 2 N–H and O–H groups in total. The maximum absolute atomic E-state index is 11.4. The fraction of sp³-hybridized carbons (Fsp3) is 0.900. The highest BCUT2D eigenvalue weighted by atomic mass is 35.5. The first-order valence-electron chi connectivity index (χ1n) is 5.31. The SMILES string of the molecule is CN1CCC[C@@]2(C(=O)O)CCNC[C@H]12.Cl.Cl. The average molecular weight is 271 g/mol. The largest absolute Gasteiger partial charge is 0.481 e. The summed E-state index contributed by atoms with van der Waals surface area (Å²) in [6.45, 7) is 2.70. The van der Waals surface area contributed by atoms with Gasteiger partial charge < -0.3 is 15.3 Å². The van der Waals surface area contributed by atoms with Crippen molar-refractivity contribution in [2.45, 2.75) is 25.3 Å². The molecule has 0 aromatic rings. The summed E-state index contributed by atoms with van der Waals surface area (Å²) < 4.78 is 0. The summed E-state index contributed by atoms with van der Waals surface area (Å²) in [6, 6.07) is 0.183. The zero-order valence-electron chi connectivity index (χ0n) is 9.44. The Labute approximate surface area is 109 Å². The molecule has 0 aliphatic carbocycles. The van der Waals surface area contributed by atoms with Crippen LogP contribution in [0.2, 0.25) is 0 Å². The van der Waals surface area contributed by atoms with Crippen molar-refractivity contribution in [1.29, 1.82) is 0 Å². The van der Waals surface area contributed by atoms with E-state index in [9.17, 15) is 9.90 Å². The molecule has 2 fully saturated rings. The number of carboxylic acid groups (broad SMARTS) is 1. The van der Waals surface area contributed by atoms with Gasteiger partial charge in [-0.15, -0.1) is 24.8 Å². The maximum atomic E-state index is 11.4. The number of piperidine rings is 2. The van der Waals surface area contributed by atoms with Crippen LogP contribution in [0.5, 0.6) is 0 Å². The number of hydrogen-bond donors (Lipinski definition) is 2. The van der Waals surface area contributed by atoms with E-state index in [4.69, 9.17) is 0 Å². The number of hydrogen-bond acceptors (Lipinski definition) is 3. The van der Waals surface area contributed by atoms with Crippen molar-refractivity contribution in [3.63, 3.8) is 0 Å². The third-order valence-corrected chi connectivity index (χ3v) is 3.82. The van der Waals surface area contributed by atoms with Crippen molar-refractivity contribution in [1.82, 2.24) is 10.2 Å². The minimum Gasteiger partial charge on any atom is -0.481 e. The summed E-state index contributed by atoms with van der Waals surface area (Å²) in [7, 11) is 2.04. The van der Waals surface area contributed by atoms with E-state index in [1.54, 1.807) is 0 Å². The molecule has 2 saturated heterocycles. The van der Waals surface area contributed by atoms with Gasteiger partial charge in [0.05, 0.1) is 5.41 Å². The number of aliphatic carboxylic acids is 1. The zero-order valence-corrected chi connectivity index (χ0v) is 11.1. The molecule has 0 amide bonds. The lowest BCUT2D eigenvalue weighted by Crippen LogP contribution is -2.62. The second-order valence-corrected chi connectivity index (χ2v) is 4.52. The van der Waals surface area contributed by atoms with Gasteiger partial charge in [-0.05, 0) is 39.4 Å². The van der Waals surface area contributed by atoms with Crippen LogP contribution in [0.15, 0.2) is 0 Å². The van der Waals surface area contributed by atoms with Crippen LogP contribution in [0.4, 0.5) is 0 Å². The molecule has 16 heavy (non-hydrogen) atoms. The lowest BCUT2D eigenvalue weighted by molar-refractivity contribution is -0.159. The number of fused-ring (bicyclic) bond motifs is 1. The standard InChI is InChI=1S/C10H18N2O2.2ClH/c1-12-6-2-3-10(9(13)14)4-5-11-7-8(10)12;;/h8,11H,2-7H2,1H3,(H,13,14);2*1H/t8-,10+;;/m0../s1. The number of rotatable bonds is 1. The van der Waals surface area contributed by atoms with E-state index < -0.39 is 11.4 Å². The molecule has 96 valence electrons. The first-order chi connectivity index (χ1) is 6.67. The van der Waals surface area contributed by atoms with Gasteiger partial charge in [-0.1, -0.05) is 0 Å². The molecular formula is C10H20Cl2N2O2. The van der Waals surface area contributed by atoms with E-state index in [-0.39, 0.29) is 30.9 Å². The number of nitrogens with one attached hydrogen (secondary N) is 1. The van der Waals surface area contributed by atoms with Crippen LogP contribution >= 0.6 is 24.8 Å². The Morgan fingerprint density at radius 2 is 2.12 bits per heavy atom. The van der Waals surface area contributed by atoms with Crippen molar-refractivity contribution in [2.75, 3.05) is 26.7 Å². The summed E-state index contributed by atoms with van der Waals surface area (Å²) >= 11 is 0. The molecule has 2 aliphatic rings. The highest BCUT2D eigenvalue weighted by Crippen LogP contribution is 2.40. The van der Waals surface area contributed by atoms with Crippen LogP contribution in [0.25, 0.3) is 0 Å². The molecule has 2 aliphatic heterocycles. The van der Waals surface area contributed by atoms with Crippen molar-refractivity contribution in [2.24, 2.45) is 5.41 Å². The highest BCUT2D eigenvalue weighted by Gasteiger charge is 2.50. The molecule has 6 heteroatoms. The normalized spacial score (nSPS) is 34.2. The maximum Gasteiger partial charge on any atom is 0.311 e. The summed E-state index contributed by atoms with van der Waals surface area (Å²) in [4.78, 5) is 13.6. The van der Waals surface area contributed by atoms with E-state index in [0.717, 1.165) is 38.9 Å². The molecule has 2 rings (SSSR count). The lowest BCUT2D eigenvalue weighted by atomic mass is 9.69. The predicted molar refractivity (Wildman–Crippen MR) is 67.7 cm³/mol. The van der Waals surface area contributed by atoms with Crippen LogP contribution in [-0.4, -0.2) is 48.7 Å². The van der Waals surface area contributed by atoms with Crippen LogP contribution in [0, 0.1) is 5.41 Å². The summed E-state index contributed by atoms with van der Waals surface area (Å²) in [5, 5.41) is 12.7. The van der Waals surface area contributed by atoms with Gasteiger partial charge in [0, 0.05) is 12.6 Å². The zero-order chi connectivity index (χ0) is 10.2. The van der Waals surface area contributed by atoms with Gasteiger partial charge >= 0.3 is 5.97 Å². The second kappa shape index (κ2) is 6.05. The summed E-state index contributed by atoms with van der Waals surface area (Å²) in [5.41, 5.74) is -0.474. The van der Waals surface area contributed by atoms with E-state index in [1.807, 2.05) is 7.05 Å². The first kappa shape index (κ1) is 16.0. The Bertz CT molecular complexity index is 249. The number of halogens is 2. The second-order valence-electron chi connectivity index (χ2n) is 4.52. The molecule has 2 heterocycles. The van der Waals surface area contributed by atoms with Crippen LogP contribution in [0.3, 0.4) is 0 Å². The minimum absolute atomic E-state index is 0. The van der Waals surface area contributed by atoms with Gasteiger partial charge in [0.15, 0.2) is 0 Å².